The van der Waals surface area contributed by atoms with Crippen LogP contribution in [0, 0.1) is 0 Å². The van der Waals surface area contributed by atoms with Crippen LogP contribution in [-0.4, -0.2) is 29.3 Å². The molecule has 0 radical (unpaired) electrons. The fourth-order valence-electron chi connectivity index (χ4n) is 3.76. The highest BCUT2D eigenvalue weighted by molar-refractivity contribution is 6.02. The van der Waals surface area contributed by atoms with Crippen LogP contribution in [0.1, 0.15) is 75.2 Å². The van der Waals surface area contributed by atoms with E-state index in [0.717, 1.165) is 12.0 Å². The third-order valence-corrected chi connectivity index (χ3v) is 5.33. The van der Waals surface area contributed by atoms with E-state index in [0.29, 0.717) is 13.0 Å². The first-order valence-corrected chi connectivity index (χ1v) is 10.8. The van der Waals surface area contributed by atoms with Gasteiger partial charge in [-0.15, -0.1) is 0 Å². The smallest absolute Gasteiger partial charge is 0.412 e. The number of hydrogen-bond acceptors (Lipinski definition) is 6. The van der Waals surface area contributed by atoms with Gasteiger partial charge in [-0.2, -0.15) is 0 Å². The van der Waals surface area contributed by atoms with Gasteiger partial charge in [0.05, 0.1) is 12.7 Å². The minimum Gasteiger partial charge on any atom is -0.463 e. The maximum Gasteiger partial charge on any atom is 0.412 e. The number of carbonyl (C=O) groups is 2. The molecule has 174 valence electrons. The Morgan fingerprint density at radius 2 is 1.94 bits per heavy atom. The van der Waals surface area contributed by atoms with Crippen LogP contribution in [0.4, 0.5) is 10.5 Å². The maximum atomic E-state index is 12.5. The first-order chi connectivity index (χ1) is 15.0. The second kappa shape index (κ2) is 9.34. The molecule has 1 saturated heterocycles. The van der Waals surface area contributed by atoms with Crippen LogP contribution < -0.4 is 11.1 Å². The second-order valence-corrected chi connectivity index (χ2v) is 9.22. The van der Waals surface area contributed by atoms with Crippen molar-refractivity contribution in [2.45, 2.75) is 77.5 Å². The molecule has 0 spiro atoms. The predicted molar refractivity (Wildman–Crippen MR) is 119 cm³/mol. The average molecular weight is 445 g/mol. The third-order valence-electron chi connectivity index (χ3n) is 5.33. The van der Waals surface area contributed by atoms with E-state index in [9.17, 15) is 9.59 Å². The van der Waals surface area contributed by atoms with Crippen molar-refractivity contribution in [1.82, 2.24) is 0 Å². The summed E-state index contributed by atoms with van der Waals surface area (Å²) in [5, 5.41) is 2.63. The summed E-state index contributed by atoms with van der Waals surface area (Å²) in [6.07, 6.45) is 1.18. The summed E-state index contributed by atoms with van der Waals surface area (Å²) < 4.78 is 23.7. The highest BCUT2D eigenvalue weighted by atomic mass is 16.6. The molecule has 8 nitrogen and oxygen atoms in total. The van der Waals surface area contributed by atoms with Crippen LogP contribution in [0.5, 0.6) is 0 Å². The molecule has 2 amide bonds. The van der Waals surface area contributed by atoms with E-state index < -0.39 is 29.3 Å². The Balaban J connectivity index is 1.92. The Hall–Kier alpha value is -2.84. The Labute approximate surface area is 188 Å². The number of carbonyl (C=O) groups excluding carboxylic acids is 2. The van der Waals surface area contributed by atoms with Gasteiger partial charge in [-0.05, 0) is 39.7 Å². The summed E-state index contributed by atoms with van der Waals surface area (Å²) in [6, 6.07) is 9.82. The fourth-order valence-corrected chi connectivity index (χ4v) is 3.76. The van der Waals surface area contributed by atoms with Crippen molar-refractivity contribution in [3.8, 4) is 0 Å². The zero-order valence-corrected chi connectivity index (χ0v) is 19.3. The third kappa shape index (κ3) is 5.49. The van der Waals surface area contributed by atoms with Crippen LogP contribution in [0.15, 0.2) is 41.0 Å². The van der Waals surface area contributed by atoms with E-state index in [1.54, 1.807) is 20.8 Å². The van der Waals surface area contributed by atoms with E-state index in [-0.39, 0.29) is 23.1 Å². The van der Waals surface area contributed by atoms with Crippen molar-refractivity contribution in [3.63, 3.8) is 0 Å². The van der Waals surface area contributed by atoms with Gasteiger partial charge < -0.3 is 24.4 Å². The van der Waals surface area contributed by atoms with E-state index >= 15 is 0 Å². The van der Waals surface area contributed by atoms with Crippen molar-refractivity contribution in [2.75, 3.05) is 5.32 Å². The molecule has 3 N–H and O–H groups in total. The van der Waals surface area contributed by atoms with E-state index in [4.69, 9.17) is 24.4 Å². The highest BCUT2D eigenvalue weighted by Crippen LogP contribution is 2.48. The standard InChI is InChI=1S/C24H32N2O6/c1-6-16-12-24(5,30-13-15-10-8-7-9-11-15)20(31-16)19-18(17(14-29-19)21(25)27)26-22(28)32-23(2,3)4/h7-11,14,16,20H,6,12-13H2,1-5H3,(H2,25,27)(H,26,28). The number of ether oxygens (including phenoxy) is 3. The number of amides is 2. The first-order valence-electron chi connectivity index (χ1n) is 10.8. The Morgan fingerprint density at radius 3 is 2.53 bits per heavy atom. The van der Waals surface area contributed by atoms with Gasteiger partial charge in [0.15, 0.2) is 5.76 Å². The number of primary amides is 1. The maximum absolute atomic E-state index is 12.5. The van der Waals surface area contributed by atoms with Crippen LogP contribution in [0.2, 0.25) is 0 Å². The molecule has 2 aromatic rings. The van der Waals surface area contributed by atoms with E-state index in [2.05, 4.69) is 5.32 Å². The lowest BCUT2D eigenvalue weighted by molar-refractivity contribution is -0.101. The number of anilines is 1. The summed E-state index contributed by atoms with van der Waals surface area (Å²) in [7, 11) is 0. The molecular formula is C24H32N2O6. The molecule has 1 aliphatic heterocycles. The zero-order valence-electron chi connectivity index (χ0n) is 19.3. The SMILES string of the molecule is CCC1CC(C)(OCc2ccccc2)C(c2occ(C(N)=O)c2NC(=O)OC(C)(C)C)O1. The fraction of sp³-hybridized carbons (Fsp3) is 0.500. The summed E-state index contributed by atoms with van der Waals surface area (Å²) >= 11 is 0. The van der Waals surface area contributed by atoms with Crippen molar-refractivity contribution in [3.05, 3.63) is 53.5 Å². The molecule has 1 aromatic carbocycles. The molecule has 0 bridgehead atoms. The number of hydrogen-bond donors (Lipinski definition) is 2. The minimum atomic E-state index is -0.756. The molecule has 0 saturated carbocycles. The van der Waals surface area contributed by atoms with E-state index in [1.165, 1.54) is 6.26 Å². The predicted octanol–water partition coefficient (Wildman–Crippen LogP) is 4.94. The van der Waals surface area contributed by atoms with Crippen LogP contribution in [-0.2, 0) is 20.8 Å². The van der Waals surface area contributed by atoms with Gasteiger partial charge >= 0.3 is 6.09 Å². The molecule has 3 atom stereocenters. The molecule has 8 heteroatoms. The number of nitrogens with two attached hydrogens (primary N) is 1. The number of nitrogens with one attached hydrogen (secondary N) is 1. The van der Waals surface area contributed by atoms with Gasteiger partial charge in [0.25, 0.3) is 5.91 Å². The molecule has 3 rings (SSSR count). The number of rotatable bonds is 7. The van der Waals surface area contributed by atoms with Crippen molar-refractivity contribution >= 4 is 17.7 Å². The molecule has 3 unspecified atom stereocenters. The van der Waals surface area contributed by atoms with Crippen molar-refractivity contribution < 1.29 is 28.2 Å². The van der Waals surface area contributed by atoms with Gasteiger partial charge in [-0.3, -0.25) is 10.1 Å². The largest absolute Gasteiger partial charge is 0.463 e. The minimum absolute atomic E-state index is 0.0415. The molecule has 0 aliphatic carbocycles. The molecule has 2 heterocycles. The Bertz CT molecular complexity index is 949. The summed E-state index contributed by atoms with van der Waals surface area (Å²) in [5.41, 5.74) is 5.26. The normalized spacial score (nSPS) is 23.2. The zero-order chi connectivity index (χ0) is 23.5. The van der Waals surface area contributed by atoms with Gasteiger partial charge in [0, 0.05) is 6.42 Å². The average Bonchev–Trinajstić information content (AvgIpc) is 3.26. The molecule has 1 aromatic heterocycles. The number of benzene rings is 1. The monoisotopic (exact) mass is 444 g/mol. The molecule has 32 heavy (non-hydrogen) atoms. The van der Waals surface area contributed by atoms with Crippen molar-refractivity contribution in [1.29, 1.82) is 0 Å². The van der Waals surface area contributed by atoms with Gasteiger partial charge in [-0.25, -0.2) is 4.79 Å². The summed E-state index contributed by atoms with van der Waals surface area (Å²) in [6.45, 7) is 9.60. The first kappa shape index (κ1) is 23.8. The van der Waals surface area contributed by atoms with E-state index in [1.807, 2.05) is 44.2 Å². The van der Waals surface area contributed by atoms with Gasteiger partial charge in [0.1, 0.15) is 34.8 Å². The quantitative estimate of drug-likeness (QED) is 0.625. The van der Waals surface area contributed by atoms with Crippen LogP contribution >= 0.6 is 0 Å². The molecule has 1 fully saturated rings. The molecular weight excluding hydrogens is 412 g/mol. The second-order valence-electron chi connectivity index (χ2n) is 9.22. The van der Waals surface area contributed by atoms with Gasteiger partial charge in [-0.1, -0.05) is 37.3 Å². The summed E-state index contributed by atoms with van der Waals surface area (Å²) in [4.78, 5) is 24.5. The van der Waals surface area contributed by atoms with Crippen LogP contribution in [0.3, 0.4) is 0 Å². The van der Waals surface area contributed by atoms with Crippen molar-refractivity contribution in [2.24, 2.45) is 5.73 Å². The Morgan fingerprint density at radius 1 is 1.25 bits per heavy atom. The lowest BCUT2D eigenvalue weighted by atomic mass is 9.92. The Kier molecular flexibility index (Phi) is 6.95. The number of furan rings is 1. The van der Waals surface area contributed by atoms with Crippen LogP contribution in [0.25, 0.3) is 0 Å². The lowest BCUT2D eigenvalue weighted by Gasteiger charge is -2.30. The van der Waals surface area contributed by atoms with Gasteiger partial charge in [0.2, 0.25) is 0 Å². The highest BCUT2D eigenvalue weighted by Gasteiger charge is 2.49. The summed E-state index contributed by atoms with van der Waals surface area (Å²) in [5.74, 6) is -0.459. The topological polar surface area (TPSA) is 113 Å². The lowest BCUT2D eigenvalue weighted by Crippen LogP contribution is -2.33. The molecule has 1 aliphatic rings.